The number of carbonyl (C=O) groups excluding carboxylic acids is 1. The standard InChI is InChI=1S/C10H10O2/c1-8-4-2-3-5-9(8)10(12)6-7-11/h2-7,11H,1H3/b7-6+. The van der Waals surface area contributed by atoms with Gasteiger partial charge in [0, 0.05) is 11.6 Å². The van der Waals surface area contributed by atoms with Crippen LogP contribution in [0.25, 0.3) is 0 Å². The Morgan fingerprint density at radius 1 is 1.42 bits per heavy atom. The Hall–Kier alpha value is -1.57. The number of rotatable bonds is 2. The Morgan fingerprint density at radius 2 is 2.08 bits per heavy atom. The lowest BCUT2D eigenvalue weighted by molar-refractivity contribution is 0.104. The fourth-order valence-electron chi connectivity index (χ4n) is 1.01. The zero-order valence-electron chi connectivity index (χ0n) is 6.82. The fraction of sp³-hybridized carbons (Fsp3) is 0.100. The second kappa shape index (κ2) is 3.72. The Bertz CT molecular complexity index is 313. The topological polar surface area (TPSA) is 37.3 Å². The smallest absolute Gasteiger partial charge is 0.189 e. The van der Waals surface area contributed by atoms with Crippen molar-refractivity contribution in [2.24, 2.45) is 0 Å². The van der Waals surface area contributed by atoms with E-state index in [-0.39, 0.29) is 5.78 Å². The minimum absolute atomic E-state index is 0.171. The average Bonchev–Trinajstić information content (AvgIpc) is 2.05. The molecular formula is C10H10O2. The van der Waals surface area contributed by atoms with E-state index in [2.05, 4.69) is 0 Å². The van der Waals surface area contributed by atoms with E-state index < -0.39 is 0 Å². The molecule has 1 aromatic rings. The summed E-state index contributed by atoms with van der Waals surface area (Å²) in [5.41, 5.74) is 1.54. The highest BCUT2D eigenvalue weighted by Gasteiger charge is 2.03. The first kappa shape index (κ1) is 8.53. The van der Waals surface area contributed by atoms with E-state index in [1.165, 1.54) is 0 Å². The maximum atomic E-state index is 11.2. The molecule has 1 aromatic carbocycles. The number of aryl methyl sites for hydroxylation is 1. The molecule has 0 spiro atoms. The van der Waals surface area contributed by atoms with Crippen molar-refractivity contribution >= 4 is 5.78 Å². The van der Waals surface area contributed by atoms with Crippen molar-refractivity contribution in [1.29, 1.82) is 0 Å². The van der Waals surface area contributed by atoms with E-state index in [1.807, 2.05) is 19.1 Å². The molecule has 0 saturated heterocycles. The van der Waals surface area contributed by atoms with Gasteiger partial charge in [-0.3, -0.25) is 4.79 Å². The molecule has 0 bridgehead atoms. The molecule has 0 atom stereocenters. The fourth-order valence-corrected chi connectivity index (χ4v) is 1.01. The van der Waals surface area contributed by atoms with E-state index in [1.54, 1.807) is 12.1 Å². The lowest BCUT2D eigenvalue weighted by atomic mass is 10.1. The number of aliphatic hydroxyl groups is 1. The van der Waals surface area contributed by atoms with E-state index in [0.29, 0.717) is 5.56 Å². The summed E-state index contributed by atoms with van der Waals surface area (Å²) in [5.74, 6) is -0.171. The van der Waals surface area contributed by atoms with E-state index in [9.17, 15) is 4.79 Å². The van der Waals surface area contributed by atoms with E-state index >= 15 is 0 Å². The number of hydrogen-bond acceptors (Lipinski definition) is 2. The number of allylic oxidation sites excluding steroid dienone is 1. The quantitative estimate of drug-likeness (QED) is 0.411. The van der Waals surface area contributed by atoms with Crippen molar-refractivity contribution in [2.75, 3.05) is 0 Å². The van der Waals surface area contributed by atoms with Gasteiger partial charge in [-0.2, -0.15) is 0 Å². The first-order chi connectivity index (χ1) is 5.75. The lowest BCUT2D eigenvalue weighted by Gasteiger charge is -1.98. The molecular weight excluding hydrogens is 152 g/mol. The van der Waals surface area contributed by atoms with Gasteiger partial charge < -0.3 is 5.11 Å². The molecule has 1 rings (SSSR count). The van der Waals surface area contributed by atoms with Crippen LogP contribution in [0.15, 0.2) is 36.6 Å². The molecule has 0 fully saturated rings. The Morgan fingerprint density at radius 3 is 2.67 bits per heavy atom. The third-order valence-corrected chi connectivity index (χ3v) is 1.64. The average molecular weight is 162 g/mol. The largest absolute Gasteiger partial charge is 0.515 e. The highest BCUT2D eigenvalue weighted by atomic mass is 16.2. The van der Waals surface area contributed by atoms with Crippen LogP contribution in [0.4, 0.5) is 0 Å². The van der Waals surface area contributed by atoms with Gasteiger partial charge >= 0.3 is 0 Å². The molecule has 0 unspecified atom stereocenters. The second-order valence-electron chi connectivity index (χ2n) is 2.49. The molecule has 0 saturated carbocycles. The van der Waals surface area contributed by atoms with Crippen LogP contribution in [-0.4, -0.2) is 10.9 Å². The van der Waals surface area contributed by atoms with Crippen LogP contribution in [0.1, 0.15) is 15.9 Å². The monoisotopic (exact) mass is 162 g/mol. The Balaban J connectivity index is 3.03. The highest BCUT2D eigenvalue weighted by Crippen LogP contribution is 2.07. The summed E-state index contributed by atoms with van der Waals surface area (Å²) in [6.07, 6.45) is 1.90. The first-order valence-electron chi connectivity index (χ1n) is 3.66. The SMILES string of the molecule is Cc1ccccc1C(=O)/C=C/O. The molecule has 0 aromatic heterocycles. The summed E-state index contributed by atoms with van der Waals surface area (Å²) < 4.78 is 0. The lowest BCUT2D eigenvalue weighted by Crippen LogP contribution is -1.96. The molecule has 0 aliphatic rings. The van der Waals surface area contributed by atoms with E-state index in [0.717, 1.165) is 17.9 Å². The second-order valence-corrected chi connectivity index (χ2v) is 2.49. The summed E-state index contributed by atoms with van der Waals surface area (Å²) in [7, 11) is 0. The molecule has 2 nitrogen and oxygen atoms in total. The van der Waals surface area contributed by atoms with Crippen LogP contribution in [0, 0.1) is 6.92 Å². The maximum absolute atomic E-state index is 11.2. The maximum Gasteiger partial charge on any atom is 0.189 e. The van der Waals surface area contributed by atoms with Crippen molar-refractivity contribution in [3.8, 4) is 0 Å². The number of carbonyl (C=O) groups is 1. The zero-order chi connectivity index (χ0) is 8.97. The summed E-state index contributed by atoms with van der Waals surface area (Å²) in [4.78, 5) is 11.2. The molecule has 0 aliphatic carbocycles. The van der Waals surface area contributed by atoms with Crippen LogP contribution in [0.2, 0.25) is 0 Å². The Kier molecular flexibility index (Phi) is 2.64. The van der Waals surface area contributed by atoms with Gasteiger partial charge in [-0.15, -0.1) is 0 Å². The summed E-state index contributed by atoms with van der Waals surface area (Å²) >= 11 is 0. The van der Waals surface area contributed by atoms with Crippen molar-refractivity contribution < 1.29 is 9.90 Å². The van der Waals surface area contributed by atoms with Gasteiger partial charge in [-0.1, -0.05) is 24.3 Å². The van der Waals surface area contributed by atoms with Crippen LogP contribution >= 0.6 is 0 Å². The van der Waals surface area contributed by atoms with Crippen molar-refractivity contribution in [2.45, 2.75) is 6.92 Å². The minimum atomic E-state index is -0.171. The van der Waals surface area contributed by atoms with Gasteiger partial charge in [0.15, 0.2) is 5.78 Å². The third kappa shape index (κ3) is 1.72. The molecule has 0 amide bonds. The third-order valence-electron chi connectivity index (χ3n) is 1.64. The van der Waals surface area contributed by atoms with Gasteiger partial charge in [0.1, 0.15) is 0 Å². The normalized spacial score (nSPS) is 10.4. The number of hydrogen-bond donors (Lipinski definition) is 1. The van der Waals surface area contributed by atoms with Gasteiger partial charge in [0.25, 0.3) is 0 Å². The van der Waals surface area contributed by atoms with Crippen LogP contribution < -0.4 is 0 Å². The van der Waals surface area contributed by atoms with Crippen molar-refractivity contribution in [3.63, 3.8) is 0 Å². The molecule has 62 valence electrons. The molecule has 1 N–H and O–H groups in total. The van der Waals surface area contributed by atoms with Gasteiger partial charge in [-0.05, 0) is 12.5 Å². The summed E-state index contributed by atoms with van der Waals surface area (Å²) in [6, 6.07) is 7.26. The van der Waals surface area contributed by atoms with Gasteiger partial charge in [-0.25, -0.2) is 0 Å². The highest BCUT2D eigenvalue weighted by molar-refractivity contribution is 6.05. The predicted molar refractivity (Wildman–Crippen MR) is 47.3 cm³/mol. The van der Waals surface area contributed by atoms with Crippen LogP contribution in [0.3, 0.4) is 0 Å². The number of benzene rings is 1. The van der Waals surface area contributed by atoms with Crippen molar-refractivity contribution in [1.82, 2.24) is 0 Å². The van der Waals surface area contributed by atoms with Crippen molar-refractivity contribution in [3.05, 3.63) is 47.7 Å². The van der Waals surface area contributed by atoms with Crippen LogP contribution in [-0.2, 0) is 0 Å². The predicted octanol–water partition coefficient (Wildman–Crippen LogP) is 2.25. The molecule has 2 heteroatoms. The van der Waals surface area contributed by atoms with Gasteiger partial charge in [0.2, 0.25) is 0 Å². The molecule has 12 heavy (non-hydrogen) atoms. The summed E-state index contributed by atoms with van der Waals surface area (Å²) in [6.45, 7) is 1.86. The zero-order valence-corrected chi connectivity index (χ0v) is 6.82. The molecule has 0 radical (unpaired) electrons. The Labute approximate surface area is 71.2 Å². The molecule has 0 aliphatic heterocycles. The number of aliphatic hydroxyl groups excluding tert-OH is 1. The first-order valence-corrected chi connectivity index (χ1v) is 3.66. The summed E-state index contributed by atoms with van der Waals surface area (Å²) in [5, 5.41) is 8.39. The minimum Gasteiger partial charge on any atom is -0.515 e. The number of ketones is 1. The van der Waals surface area contributed by atoms with E-state index in [4.69, 9.17) is 5.11 Å². The van der Waals surface area contributed by atoms with Gasteiger partial charge in [0.05, 0.1) is 6.26 Å². The van der Waals surface area contributed by atoms with Crippen LogP contribution in [0.5, 0.6) is 0 Å². The molecule has 0 heterocycles.